The first-order valence-corrected chi connectivity index (χ1v) is 6.02. The zero-order valence-electron chi connectivity index (χ0n) is 8.87. The number of rotatable bonds is 7. The molecule has 0 saturated heterocycles. The predicted molar refractivity (Wildman–Crippen MR) is 52.7 cm³/mol. The van der Waals surface area contributed by atoms with Gasteiger partial charge in [-0.25, -0.2) is 4.57 Å². The molecule has 0 aromatic heterocycles. The van der Waals surface area contributed by atoms with Crippen LogP contribution < -0.4 is 0 Å². The lowest BCUT2D eigenvalue weighted by atomic mass is 10.0. The average molecular weight is 274 g/mol. The highest BCUT2D eigenvalue weighted by molar-refractivity contribution is 7.46. The number of Topliss-reactive ketones (excluding diaryl/α,β-unsaturated/α-hetero) is 1. The lowest BCUT2D eigenvalue weighted by molar-refractivity contribution is -0.144. The van der Waals surface area contributed by atoms with Crippen molar-refractivity contribution in [3.05, 3.63) is 0 Å². The van der Waals surface area contributed by atoms with Gasteiger partial charge in [-0.2, -0.15) is 0 Å². The lowest BCUT2D eigenvalue weighted by Crippen LogP contribution is -2.48. The van der Waals surface area contributed by atoms with Crippen molar-refractivity contribution in [2.45, 2.75) is 31.3 Å². The number of aliphatic hydroxyl groups is 4. The van der Waals surface area contributed by atoms with Crippen molar-refractivity contribution in [2.24, 2.45) is 0 Å². The summed E-state index contributed by atoms with van der Waals surface area (Å²) in [5.74, 6) is -0.834. The van der Waals surface area contributed by atoms with Crippen molar-refractivity contribution in [1.29, 1.82) is 0 Å². The van der Waals surface area contributed by atoms with E-state index < -0.39 is 44.6 Å². The highest BCUT2D eigenvalue weighted by Gasteiger charge is 2.33. The minimum Gasteiger partial charge on any atom is -0.388 e. The Kier molecular flexibility index (Phi) is 6.38. The summed E-state index contributed by atoms with van der Waals surface area (Å²) in [5, 5.41) is 36.7. The topological polar surface area (TPSA) is 165 Å². The monoisotopic (exact) mass is 274 g/mol. The first-order chi connectivity index (χ1) is 7.56. The van der Waals surface area contributed by atoms with E-state index in [1.165, 1.54) is 0 Å². The molecule has 6 N–H and O–H groups in total. The van der Waals surface area contributed by atoms with Crippen LogP contribution in [0, 0.1) is 0 Å². The largest absolute Gasteiger partial charge is 0.469 e. The maximum atomic E-state index is 10.7. The van der Waals surface area contributed by atoms with Crippen LogP contribution in [0.15, 0.2) is 0 Å². The number of ketones is 1. The lowest BCUT2D eigenvalue weighted by Gasteiger charge is -2.25. The van der Waals surface area contributed by atoms with E-state index in [2.05, 4.69) is 4.52 Å². The van der Waals surface area contributed by atoms with Crippen molar-refractivity contribution in [1.82, 2.24) is 0 Å². The third-order valence-electron chi connectivity index (χ3n) is 1.90. The van der Waals surface area contributed by atoms with E-state index in [9.17, 15) is 24.7 Å². The second-order valence-electron chi connectivity index (χ2n) is 3.39. The van der Waals surface area contributed by atoms with Gasteiger partial charge in [-0.1, -0.05) is 0 Å². The Bertz CT molecular complexity index is 300. The van der Waals surface area contributed by atoms with Crippen LogP contribution in [0.5, 0.6) is 0 Å². The van der Waals surface area contributed by atoms with Crippen molar-refractivity contribution < 1.29 is 44.1 Å². The Hall–Kier alpha value is -0.380. The van der Waals surface area contributed by atoms with E-state index in [1.54, 1.807) is 0 Å². The Morgan fingerprint density at radius 3 is 2.00 bits per heavy atom. The van der Waals surface area contributed by atoms with Crippen LogP contribution in [0.1, 0.15) is 6.92 Å². The minimum atomic E-state index is -4.81. The maximum absolute atomic E-state index is 10.7. The molecule has 0 aliphatic carbocycles. The summed E-state index contributed by atoms with van der Waals surface area (Å²) in [5.41, 5.74) is 0. The van der Waals surface area contributed by atoms with Crippen LogP contribution in [0.3, 0.4) is 0 Å². The molecule has 0 unspecified atom stereocenters. The van der Waals surface area contributed by atoms with Gasteiger partial charge in [0.25, 0.3) is 0 Å². The fraction of sp³-hybridized carbons (Fsp3) is 0.857. The van der Waals surface area contributed by atoms with Gasteiger partial charge in [-0.15, -0.1) is 0 Å². The van der Waals surface area contributed by atoms with E-state index in [0.29, 0.717) is 0 Å². The van der Waals surface area contributed by atoms with Crippen LogP contribution in [0.4, 0.5) is 0 Å². The van der Waals surface area contributed by atoms with Crippen molar-refractivity contribution >= 4 is 13.6 Å². The summed E-state index contributed by atoms with van der Waals surface area (Å²) in [6, 6.07) is 0. The first kappa shape index (κ1) is 16.6. The van der Waals surface area contributed by atoms with Gasteiger partial charge < -0.3 is 30.2 Å². The van der Waals surface area contributed by atoms with Crippen LogP contribution >= 0.6 is 7.82 Å². The fourth-order valence-corrected chi connectivity index (χ4v) is 1.27. The Morgan fingerprint density at radius 2 is 1.65 bits per heavy atom. The van der Waals surface area contributed by atoms with E-state index >= 15 is 0 Å². The second-order valence-corrected chi connectivity index (χ2v) is 4.63. The normalized spacial score (nSPS) is 19.5. The van der Waals surface area contributed by atoms with Gasteiger partial charge >= 0.3 is 7.82 Å². The molecule has 102 valence electrons. The molecule has 0 aromatic rings. The van der Waals surface area contributed by atoms with E-state index in [0.717, 1.165) is 6.92 Å². The molecule has 0 aromatic carbocycles. The van der Waals surface area contributed by atoms with Crippen molar-refractivity contribution in [3.63, 3.8) is 0 Å². The summed E-state index contributed by atoms with van der Waals surface area (Å²) in [6.45, 7) is -0.00768. The standard InChI is InChI=1S/C7H15O9P/c1-3(8)5(10)7(12)6(11)4(9)2-16-17(13,14)15/h4-7,9-12H,2H2,1H3,(H2,13,14,15)/t4-,5-,6-,7+/m1/s1. The van der Waals surface area contributed by atoms with Gasteiger partial charge in [0.05, 0.1) is 6.61 Å². The van der Waals surface area contributed by atoms with Crippen LogP contribution in [-0.4, -0.2) is 67.0 Å². The van der Waals surface area contributed by atoms with Crippen LogP contribution in [0.25, 0.3) is 0 Å². The average Bonchev–Trinajstić information content (AvgIpc) is 2.21. The number of carbonyl (C=O) groups is 1. The number of phosphoric acid groups is 1. The van der Waals surface area contributed by atoms with Gasteiger partial charge in [0.15, 0.2) is 5.78 Å². The molecule has 9 nitrogen and oxygen atoms in total. The quantitative estimate of drug-likeness (QED) is 0.267. The molecular weight excluding hydrogens is 259 g/mol. The summed E-state index contributed by atoms with van der Waals surface area (Å²) >= 11 is 0. The molecule has 0 rings (SSSR count). The van der Waals surface area contributed by atoms with E-state index in [1.807, 2.05) is 0 Å². The molecule has 0 aliphatic heterocycles. The number of carbonyl (C=O) groups excluding carboxylic acids is 1. The molecule has 0 fully saturated rings. The molecule has 0 saturated carbocycles. The van der Waals surface area contributed by atoms with Gasteiger partial charge in [-0.05, 0) is 6.92 Å². The number of aliphatic hydroxyl groups excluding tert-OH is 4. The fourth-order valence-electron chi connectivity index (χ4n) is 0.927. The Balaban J connectivity index is 4.34. The van der Waals surface area contributed by atoms with Gasteiger partial charge in [0.2, 0.25) is 0 Å². The Labute approximate surface area is 96.5 Å². The highest BCUT2D eigenvalue weighted by atomic mass is 31.2. The number of phosphoric ester groups is 1. The van der Waals surface area contributed by atoms with Crippen molar-refractivity contribution in [3.8, 4) is 0 Å². The van der Waals surface area contributed by atoms with Crippen LogP contribution in [-0.2, 0) is 13.9 Å². The number of hydrogen-bond acceptors (Lipinski definition) is 7. The summed E-state index contributed by atoms with van der Waals surface area (Å²) < 4.78 is 14.2. The first-order valence-electron chi connectivity index (χ1n) is 4.49. The smallest absolute Gasteiger partial charge is 0.388 e. The molecule has 10 heteroatoms. The molecule has 0 amide bonds. The highest BCUT2D eigenvalue weighted by Crippen LogP contribution is 2.35. The molecule has 0 heterocycles. The molecule has 0 spiro atoms. The Morgan fingerprint density at radius 1 is 1.18 bits per heavy atom. The van der Waals surface area contributed by atoms with Crippen molar-refractivity contribution in [2.75, 3.05) is 6.61 Å². The minimum absolute atomic E-state index is 0.834. The summed E-state index contributed by atoms with van der Waals surface area (Å²) in [6.07, 6.45) is -7.75. The molecule has 0 radical (unpaired) electrons. The van der Waals surface area contributed by atoms with Gasteiger partial charge in [0.1, 0.15) is 24.4 Å². The maximum Gasteiger partial charge on any atom is 0.469 e. The van der Waals surface area contributed by atoms with Gasteiger partial charge in [0, 0.05) is 0 Å². The molecule has 4 atom stereocenters. The molecule has 17 heavy (non-hydrogen) atoms. The zero-order valence-corrected chi connectivity index (χ0v) is 9.77. The molecule has 0 bridgehead atoms. The van der Waals surface area contributed by atoms with Crippen LogP contribution in [0.2, 0.25) is 0 Å². The molecule has 0 aliphatic rings. The molecular formula is C7H15O9P. The summed E-state index contributed by atoms with van der Waals surface area (Å²) in [7, 11) is -4.81. The summed E-state index contributed by atoms with van der Waals surface area (Å²) in [4.78, 5) is 27.3. The predicted octanol–water partition coefficient (Wildman–Crippen LogP) is -2.87. The van der Waals surface area contributed by atoms with E-state index in [-0.39, 0.29) is 0 Å². The SMILES string of the molecule is CC(=O)[C@@H](O)[C@H](O)[C@H](O)[C@H](O)COP(=O)(O)O. The van der Waals surface area contributed by atoms with Gasteiger partial charge in [-0.3, -0.25) is 9.32 Å². The third kappa shape index (κ3) is 6.20. The van der Waals surface area contributed by atoms with E-state index in [4.69, 9.17) is 14.9 Å². The number of hydrogen-bond donors (Lipinski definition) is 6. The second kappa shape index (κ2) is 6.53. The zero-order chi connectivity index (χ0) is 13.8. The third-order valence-corrected chi connectivity index (χ3v) is 2.38.